The zero-order chi connectivity index (χ0) is 13.1. The van der Waals surface area contributed by atoms with Gasteiger partial charge in [0, 0.05) is 38.6 Å². The van der Waals surface area contributed by atoms with E-state index >= 15 is 0 Å². The average Bonchev–Trinajstić information content (AvgIpc) is 2.75. The molecule has 0 aliphatic carbocycles. The Hall–Kier alpha value is -1.53. The summed E-state index contributed by atoms with van der Waals surface area (Å²) in [6.45, 7) is 1.93. The van der Waals surface area contributed by atoms with E-state index in [-0.39, 0.29) is 5.91 Å². The maximum Gasteiger partial charge on any atom is 0.257 e. The molecule has 4 nitrogen and oxygen atoms in total. The molecule has 1 heterocycles. The average molecular weight is 280 g/mol. The predicted molar refractivity (Wildman–Crippen MR) is 73.6 cm³/mol. The highest BCUT2D eigenvalue weighted by Crippen LogP contribution is 2.17. The molecule has 1 N–H and O–H groups in total. The number of aryl methyl sites for hydroxylation is 1. The molecule has 1 atom stereocenters. The number of nitrogens with zero attached hydrogens (tertiary/aromatic N) is 1. The largest absolute Gasteiger partial charge is 0.298 e. The van der Waals surface area contributed by atoms with Gasteiger partial charge >= 0.3 is 0 Å². The van der Waals surface area contributed by atoms with Crippen LogP contribution in [0.2, 0.25) is 0 Å². The molecule has 18 heavy (non-hydrogen) atoms. The second-order valence-corrected chi connectivity index (χ2v) is 6.32. The monoisotopic (exact) mass is 280 g/mol. The van der Waals surface area contributed by atoms with Gasteiger partial charge in [-0.15, -0.1) is 11.3 Å². The maximum atomic E-state index is 11.9. The van der Waals surface area contributed by atoms with Crippen LogP contribution >= 0.6 is 11.3 Å². The van der Waals surface area contributed by atoms with E-state index in [4.69, 9.17) is 0 Å². The predicted octanol–water partition coefficient (Wildman–Crippen LogP) is 2.44. The van der Waals surface area contributed by atoms with Crippen molar-refractivity contribution < 1.29 is 9.00 Å². The zero-order valence-electron chi connectivity index (χ0n) is 9.97. The van der Waals surface area contributed by atoms with Crippen molar-refractivity contribution in [3.8, 4) is 0 Å². The number of rotatable bonds is 3. The van der Waals surface area contributed by atoms with Crippen LogP contribution in [0.4, 0.5) is 5.13 Å². The van der Waals surface area contributed by atoms with Crippen molar-refractivity contribution in [3.63, 3.8) is 0 Å². The number of benzene rings is 1. The first kappa shape index (κ1) is 12.9. The minimum Gasteiger partial charge on any atom is -0.298 e. The number of amides is 1. The second kappa shape index (κ2) is 5.41. The Bertz CT molecular complexity index is 590. The molecule has 0 radical (unpaired) electrons. The number of carbonyl (C=O) groups excluding carboxylic acids is 1. The smallest absolute Gasteiger partial charge is 0.257 e. The number of aromatic nitrogens is 1. The van der Waals surface area contributed by atoms with Gasteiger partial charge in [0.15, 0.2) is 5.13 Å². The van der Waals surface area contributed by atoms with Gasteiger partial charge in [-0.05, 0) is 31.2 Å². The van der Waals surface area contributed by atoms with Crippen molar-refractivity contribution in [1.82, 2.24) is 4.98 Å². The summed E-state index contributed by atoms with van der Waals surface area (Å²) in [6, 6.07) is 6.70. The number of hydrogen-bond acceptors (Lipinski definition) is 4. The van der Waals surface area contributed by atoms with E-state index in [0.29, 0.717) is 15.6 Å². The Morgan fingerprint density at radius 2 is 2.00 bits per heavy atom. The van der Waals surface area contributed by atoms with Gasteiger partial charge in [0.2, 0.25) is 0 Å². The molecule has 0 bridgehead atoms. The summed E-state index contributed by atoms with van der Waals surface area (Å²) in [5.74, 6) is -0.210. The van der Waals surface area contributed by atoms with Crippen molar-refractivity contribution in [2.24, 2.45) is 0 Å². The third-order valence-electron chi connectivity index (χ3n) is 2.29. The van der Waals surface area contributed by atoms with Gasteiger partial charge in [-0.25, -0.2) is 4.98 Å². The third kappa shape index (κ3) is 3.02. The molecule has 94 valence electrons. The van der Waals surface area contributed by atoms with E-state index in [9.17, 15) is 9.00 Å². The fourth-order valence-corrected chi connectivity index (χ4v) is 2.56. The van der Waals surface area contributed by atoms with E-state index in [2.05, 4.69) is 10.3 Å². The number of carbonyl (C=O) groups is 1. The van der Waals surface area contributed by atoms with E-state index in [0.717, 1.165) is 4.88 Å². The summed E-state index contributed by atoms with van der Waals surface area (Å²) in [5.41, 5.74) is 0.525. The number of nitrogens with one attached hydrogen (secondary N) is 1. The quantitative estimate of drug-likeness (QED) is 0.939. The lowest BCUT2D eigenvalue weighted by atomic mass is 10.2. The first-order chi connectivity index (χ1) is 8.56. The van der Waals surface area contributed by atoms with Crippen LogP contribution in [-0.2, 0) is 10.8 Å². The topological polar surface area (TPSA) is 59.1 Å². The minimum absolute atomic E-state index is 0.210. The summed E-state index contributed by atoms with van der Waals surface area (Å²) in [4.78, 5) is 17.7. The lowest BCUT2D eigenvalue weighted by molar-refractivity contribution is 0.102. The highest BCUT2D eigenvalue weighted by molar-refractivity contribution is 7.84. The van der Waals surface area contributed by atoms with Crippen molar-refractivity contribution in [1.29, 1.82) is 0 Å². The molecule has 1 unspecified atom stereocenters. The first-order valence-corrected chi connectivity index (χ1v) is 7.61. The zero-order valence-corrected chi connectivity index (χ0v) is 11.6. The summed E-state index contributed by atoms with van der Waals surface area (Å²) < 4.78 is 11.2. The van der Waals surface area contributed by atoms with E-state index in [1.54, 1.807) is 36.7 Å². The molecular weight excluding hydrogens is 268 g/mol. The molecule has 2 rings (SSSR count). The normalized spacial score (nSPS) is 12.1. The Labute approximate surface area is 112 Å². The van der Waals surface area contributed by atoms with Crippen molar-refractivity contribution in [3.05, 3.63) is 40.9 Å². The Kier molecular flexibility index (Phi) is 3.88. The van der Waals surface area contributed by atoms with Crippen molar-refractivity contribution in [2.45, 2.75) is 11.8 Å². The first-order valence-electron chi connectivity index (χ1n) is 5.23. The van der Waals surface area contributed by atoms with Crippen molar-refractivity contribution in [2.75, 3.05) is 11.6 Å². The van der Waals surface area contributed by atoms with E-state index in [1.807, 2.05) is 6.92 Å². The van der Waals surface area contributed by atoms with E-state index < -0.39 is 10.8 Å². The van der Waals surface area contributed by atoms with Crippen LogP contribution in [0.5, 0.6) is 0 Å². The molecule has 0 saturated carbocycles. The number of anilines is 1. The molecule has 0 spiro atoms. The highest BCUT2D eigenvalue weighted by Gasteiger charge is 2.08. The van der Waals surface area contributed by atoms with Gasteiger partial charge in [-0.3, -0.25) is 14.3 Å². The maximum absolute atomic E-state index is 11.9. The Balaban J connectivity index is 2.11. The Morgan fingerprint density at radius 3 is 2.50 bits per heavy atom. The van der Waals surface area contributed by atoms with Crippen LogP contribution in [0.3, 0.4) is 0 Å². The number of thiazole rings is 1. The molecule has 0 aliphatic heterocycles. The molecule has 1 aromatic carbocycles. The lowest BCUT2D eigenvalue weighted by Crippen LogP contribution is -2.11. The van der Waals surface area contributed by atoms with Gasteiger partial charge in [0.25, 0.3) is 5.91 Å². The van der Waals surface area contributed by atoms with E-state index in [1.165, 1.54) is 11.3 Å². The summed E-state index contributed by atoms with van der Waals surface area (Å²) in [6.07, 6.45) is 3.32. The number of hydrogen-bond donors (Lipinski definition) is 1. The van der Waals surface area contributed by atoms with Crippen LogP contribution in [0.25, 0.3) is 0 Å². The van der Waals surface area contributed by atoms with Crippen LogP contribution in [0.1, 0.15) is 15.2 Å². The van der Waals surface area contributed by atoms with Crippen LogP contribution in [0.15, 0.2) is 35.4 Å². The SMILES string of the molecule is Cc1cnc(NC(=O)c2ccc(S(C)=O)cc2)s1. The standard InChI is InChI=1S/C12H12N2O2S2/c1-8-7-13-12(17-8)14-11(15)9-3-5-10(6-4-9)18(2)16/h3-7H,1-2H3,(H,13,14,15). The molecule has 1 aromatic heterocycles. The molecule has 2 aromatic rings. The van der Waals surface area contributed by atoms with Gasteiger partial charge in [0.1, 0.15) is 0 Å². The van der Waals surface area contributed by atoms with Crippen LogP contribution in [0, 0.1) is 6.92 Å². The van der Waals surface area contributed by atoms with Crippen molar-refractivity contribution >= 4 is 33.2 Å². The summed E-state index contributed by atoms with van der Waals surface area (Å²) in [5, 5.41) is 3.30. The molecule has 0 saturated heterocycles. The van der Waals surface area contributed by atoms with Gasteiger partial charge < -0.3 is 0 Å². The fourth-order valence-electron chi connectivity index (χ4n) is 1.38. The van der Waals surface area contributed by atoms with Gasteiger partial charge in [-0.1, -0.05) is 0 Å². The third-order valence-corrected chi connectivity index (χ3v) is 4.05. The fraction of sp³-hybridized carbons (Fsp3) is 0.167. The summed E-state index contributed by atoms with van der Waals surface area (Å²) in [7, 11) is -1.03. The highest BCUT2D eigenvalue weighted by atomic mass is 32.2. The van der Waals surface area contributed by atoms with Gasteiger partial charge in [0.05, 0.1) is 0 Å². The summed E-state index contributed by atoms with van der Waals surface area (Å²) >= 11 is 1.43. The molecule has 0 aliphatic rings. The van der Waals surface area contributed by atoms with Crippen LogP contribution in [-0.4, -0.2) is 21.4 Å². The van der Waals surface area contributed by atoms with Gasteiger partial charge in [-0.2, -0.15) is 0 Å². The lowest BCUT2D eigenvalue weighted by Gasteiger charge is -2.02. The molecule has 6 heteroatoms. The minimum atomic E-state index is -1.03. The second-order valence-electron chi connectivity index (χ2n) is 3.71. The molecular formula is C12H12N2O2S2. The molecule has 1 amide bonds. The van der Waals surface area contributed by atoms with Crippen LogP contribution < -0.4 is 5.32 Å². The molecule has 0 fully saturated rings. The Morgan fingerprint density at radius 1 is 1.33 bits per heavy atom.